The molecule has 1 atom stereocenters. The SMILES string of the molecule is COC(=O)[C@H](OC)c1ccccc1C. The number of methoxy groups -OCH3 is 2. The summed E-state index contributed by atoms with van der Waals surface area (Å²) in [5.74, 6) is -0.373. The van der Waals surface area contributed by atoms with Crippen LogP contribution < -0.4 is 0 Å². The third-order valence-corrected chi connectivity index (χ3v) is 2.12. The van der Waals surface area contributed by atoms with Crippen molar-refractivity contribution in [2.75, 3.05) is 14.2 Å². The van der Waals surface area contributed by atoms with Crippen molar-refractivity contribution in [1.29, 1.82) is 0 Å². The van der Waals surface area contributed by atoms with E-state index in [1.807, 2.05) is 31.2 Å². The molecule has 0 saturated heterocycles. The summed E-state index contributed by atoms with van der Waals surface area (Å²) in [6.07, 6.45) is -0.624. The highest BCUT2D eigenvalue weighted by Gasteiger charge is 2.21. The molecule has 0 heterocycles. The van der Waals surface area contributed by atoms with E-state index in [0.717, 1.165) is 11.1 Å². The molecule has 14 heavy (non-hydrogen) atoms. The molecule has 76 valence electrons. The molecular weight excluding hydrogens is 180 g/mol. The summed E-state index contributed by atoms with van der Waals surface area (Å²) in [7, 11) is 2.85. The van der Waals surface area contributed by atoms with Gasteiger partial charge in [-0.3, -0.25) is 0 Å². The second-order valence-corrected chi connectivity index (χ2v) is 3.00. The predicted molar refractivity (Wildman–Crippen MR) is 52.9 cm³/mol. The lowest BCUT2D eigenvalue weighted by Gasteiger charge is -2.14. The van der Waals surface area contributed by atoms with Gasteiger partial charge in [0.1, 0.15) is 0 Å². The van der Waals surface area contributed by atoms with Crippen molar-refractivity contribution in [1.82, 2.24) is 0 Å². The van der Waals surface area contributed by atoms with Gasteiger partial charge in [0, 0.05) is 7.11 Å². The Labute approximate surface area is 83.6 Å². The number of esters is 1. The van der Waals surface area contributed by atoms with Crippen molar-refractivity contribution in [2.24, 2.45) is 0 Å². The molecule has 0 aliphatic rings. The van der Waals surface area contributed by atoms with Gasteiger partial charge < -0.3 is 9.47 Å². The van der Waals surface area contributed by atoms with Gasteiger partial charge in [-0.25, -0.2) is 4.79 Å². The first-order valence-corrected chi connectivity index (χ1v) is 4.37. The molecule has 0 saturated carbocycles. The average molecular weight is 194 g/mol. The molecule has 0 bridgehead atoms. The first kappa shape index (κ1) is 10.7. The summed E-state index contributed by atoms with van der Waals surface area (Å²) in [6.45, 7) is 1.93. The Morgan fingerprint density at radius 2 is 1.93 bits per heavy atom. The molecule has 1 aromatic rings. The summed E-state index contributed by atoms with van der Waals surface area (Å²) >= 11 is 0. The van der Waals surface area contributed by atoms with Gasteiger partial charge in [-0.2, -0.15) is 0 Å². The molecule has 3 heteroatoms. The van der Waals surface area contributed by atoms with Crippen molar-refractivity contribution in [2.45, 2.75) is 13.0 Å². The van der Waals surface area contributed by atoms with Crippen molar-refractivity contribution >= 4 is 5.97 Å². The number of rotatable bonds is 3. The summed E-state index contributed by atoms with van der Waals surface area (Å²) < 4.78 is 9.74. The zero-order valence-electron chi connectivity index (χ0n) is 8.61. The summed E-state index contributed by atoms with van der Waals surface area (Å²) in [6, 6.07) is 7.59. The van der Waals surface area contributed by atoms with Crippen molar-refractivity contribution in [3.63, 3.8) is 0 Å². The van der Waals surface area contributed by atoms with Gasteiger partial charge in [0.25, 0.3) is 0 Å². The van der Waals surface area contributed by atoms with Crippen LogP contribution >= 0.6 is 0 Å². The number of carbonyl (C=O) groups excluding carboxylic acids is 1. The van der Waals surface area contributed by atoms with Crippen LogP contribution in [0.25, 0.3) is 0 Å². The fraction of sp³-hybridized carbons (Fsp3) is 0.364. The third kappa shape index (κ3) is 2.12. The largest absolute Gasteiger partial charge is 0.467 e. The molecule has 0 N–H and O–H groups in total. The van der Waals surface area contributed by atoms with Gasteiger partial charge in [-0.1, -0.05) is 24.3 Å². The molecule has 1 rings (SSSR count). The summed E-state index contributed by atoms with van der Waals surface area (Å²) in [5.41, 5.74) is 1.87. The van der Waals surface area contributed by atoms with Crippen molar-refractivity contribution in [3.8, 4) is 0 Å². The van der Waals surface area contributed by atoms with Crippen molar-refractivity contribution < 1.29 is 14.3 Å². The maximum atomic E-state index is 11.3. The van der Waals surface area contributed by atoms with Crippen LogP contribution in [0.1, 0.15) is 17.2 Å². The van der Waals surface area contributed by atoms with Gasteiger partial charge in [0.05, 0.1) is 7.11 Å². The fourth-order valence-corrected chi connectivity index (χ4v) is 1.34. The van der Waals surface area contributed by atoms with Crippen LogP contribution in [0.4, 0.5) is 0 Å². The lowest BCUT2D eigenvalue weighted by Crippen LogP contribution is -2.16. The normalized spacial score (nSPS) is 12.2. The molecule has 0 amide bonds. The first-order chi connectivity index (χ1) is 6.70. The second kappa shape index (κ2) is 4.77. The van der Waals surface area contributed by atoms with E-state index in [-0.39, 0.29) is 5.97 Å². The van der Waals surface area contributed by atoms with E-state index < -0.39 is 6.10 Å². The van der Waals surface area contributed by atoms with Gasteiger partial charge in [-0.15, -0.1) is 0 Å². The first-order valence-electron chi connectivity index (χ1n) is 4.37. The van der Waals surface area contributed by atoms with E-state index >= 15 is 0 Å². The number of ether oxygens (including phenoxy) is 2. The number of benzene rings is 1. The van der Waals surface area contributed by atoms with Gasteiger partial charge >= 0.3 is 5.97 Å². The maximum Gasteiger partial charge on any atom is 0.339 e. The van der Waals surface area contributed by atoms with Crippen LogP contribution in [-0.4, -0.2) is 20.2 Å². The monoisotopic (exact) mass is 194 g/mol. The predicted octanol–water partition coefficient (Wildman–Crippen LogP) is 1.86. The van der Waals surface area contributed by atoms with Gasteiger partial charge in [0.2, 0.25) is 0 Å². The molecule has 0 unspecified atom stereocenters. The zero-order valence-corrected chi connectivity index (χ0v) is 8.61. The molecule has 0 fully saturated rings. The minimum Gasteiger partial charge on any atom is -0.467 e. The summed E-state index contributed by atoms with van der Waals surface area (Å²) in [4.78, 5) is 11.3. The highest BCUT2D eigenvalue weighted by molar-refractivity contribution is 5.76. The van der Waals surface area contributed by atoms with E-state index in [4.69, 9.17) is 4.74 Å². The Kier molecular flexibility index (Phi) is 3.65. The van der Waals surface area contributed by atoms with E-state index in [0.29, 0.717) is 0 Å². The Balaban J connectivity index is 3.01. The Morgan fingerprint density at radius 1 is 1.29 bits per heavy atom. The zero-order chi connectivity index (χ0) is 10.6. The van der Waals surface area contributed by atoms with Crippen LogP contribution in [0, 0.1) is 6.92 Å². The minimum absolute atomic E-state index is 0.373. The molecule has 0 spiro atoms. The minimum atomic E-state index is -0.624. The lowest BCUT2D eigenvalue weighted by atomic mass is 10.0. The van der Waals surface area contributed by atoms with Crippen LogP contribution in [0.2, 0.25) is 0 Å². The highest BCUT2D eigenvalue weighted by atomic mass is 16.6. The highest BCUT2D eigenvalue weighted by Crippen LogP contribution is 2.21. The standard InChI is InChI=1S/C11H14O3/c1-8-6-4-5-7-9(8)10(13-2)11(12)14-3/h4-7,10H,1-3H3/t10-/m1/s1. The van der Waals surface area contributed by atoms with E-state index in [2.05, 4.69) is 4.74 Å². The molecule has 0 radical (unpaired) electrons. The van der Waals surface area contributed by atoms with Crippen LogP contribution in [0.5, 0.6) is 0 Å². The molecular formula is C11H14O3. The molecule has 0 aliphatic carbocycles. The Morgan fingerprint density at radius 3 is 2.43 bits per heavy atom. The van der Waals surface area contributed by atoms with E-state index in [1.165, 1.54) is 14.2 Å². The quantitative estimate of drug-likeness (QED) is 0.689. The van der Waals surface area contributed by atoms with E-state index in [9.17, 15) is 4.79 Å². The molecule has 0 aromatic heterocycles. The molecule has 1 aromatic carbocycles. The average Bonchev–Trinajstić information content (AvgIpc) is 2.21. The van der Waals surface area contributed by atoms with Gasteiger partial charge in [-0.05, 0) is 18.1 Å². The summed E-state index contributed by atoms with van der Waals surface area (Å²) in [5, 5.41) is 0. The Hall–Kier alpha value is -1.35. The molecule has 0 aliphatic heterocycles. The fourth-order valence-electron chi connectivity index (χ4n) is 1.34. The Bertz CT molecular complexity index is 320. The lowest BCUT2D eigenvalue weighted by molar-refractivity contribution is -0.152. The smallest absolute Gasteiger partial charge is 0.339 e. The maximum absolute atomic E-state index is 11.3. The van der Waals surface area contributed by atoms with Crippen LogP contribution in [0.15, 0.2) is 24.3 Å². The molecule has 3 nitrogen and oxygen atoms in total. The topological polar surface area (TPSA) is 35.5 Å². The third-order valence-electron chi connectivity index (χ3n) is 2.12. The van der Waals surface area contributed by atoms with Gasteiger partial charge in [0.15, 0.2) is 6.10 Å². The van der Waals surface area contributed by atoms with Crippen LogP contribution in [-0.2, 0) is 14.3 Å². The number of carbonyl (C=O) groups is 1. The number of hydrogen-bond donors (Lipinski definition) is 0. The van der Waals surface area contributed by atoms with Crippen LogP contribution in [0.3, 0.4) is 0 Å². The number of hydrogen-bond acceptors (Lipinski definition) is 3. The number of aryl methyl sites for hydroxylation is 1. The van der Waals surface area contributed by atoms with Crippen molar-refractivity contribution in [3.05, 3.63) is 35.4 Å². The van der Waals surface area contributed by atoms with E-state index in [1.54, 1.807) is 0 Å². The second-order valence-electron chi connectivity index (χ2n) is 3.00.